The molecule has 0 N–H and O–H groups in total. The Labute approximate surface area is 122 Å². The van der Waals surface area contributed by atoms with Crippen LogP contribution >= 0.6 is 12.4 Å². The number of hydrogen-bond donors (Lipinski definition) is 0. The molecule has 1 saturated heterocycles. The predicted octanol–water partition coefficient (Wildman–Crippen LogP) is 2.75. The zero-order valence-electron chi connectivity index (χ0n) is 10.9. The largest absolute Gasteiger partial charge is 0.417 e. The summed E-state index contributed by atoms with van der Waals surface area (Å²) < 4.78 is 38.6. The van der Waals surface area contributed by atoms with Crippen molar-refractivity contribution in [1.82, 2.24) is 4.90 Å². The first-order valence-corrected chi connectivity index (χ1v) is 5.96. The van der Waals surface area contributed by atoms with Crippen molar-refractivity contribution in [3.8, 4) is 6.07 Å². The van der Waals surface area contributed by atoms with Crippen LogP contribution in [0.2, 0.25) is 0 Å². The molecule has 0 spiro atoms. The van der Waals surface area contributed by atoms with E-state index in [-0.39, 0.29) is 18.0 Å². The Morgan fingerprint density at radius 2 is 1.75 bits per heavy atom. The van der Waals surface area contributed by atoms with Crippen molar-refractivity contribution in [2.75, 3.05) is 38.1 Å². The average Bonchev–Trinajstić information content (AvgIpc) is 2.38. The van der Waals surface area contributed by atoms with E-state index in [4.69, 9.17) is 5.26 Å². The van der Waals surface area contributed by atoms with Crippen LogP contribution in [0.3, 0.4) is 0 Å². The fraction of sp³-hybridized carbons (Fsp3) is 0.462. The molecule has 20 heavy (non-hydrogen) atoms. The van der Waals surface area contributed by atoms with Gasteiger partial charge >= 0.3 is 6.18 Å². The quantitative estimate of drug-likeness (QED) is 0.799. The molecule has 0 saturated carbocycles. The minimum absolute atomic E-state index is 0. The number of rotatable bonds is 1. The number of piperazine rings is 1. The molecule has 0 unspecified atom stereocenters. The summed E-state index contributed by atoms with van der Waals surface area (Å²) in [5, 5.41) is 8.75. The molecule has 1 aromatic carbocycles. The van der Waals surface area contributed by atoms with E-state index in [9.17, 15) is 13.2 Å². The van der Waals surface area contributed by atoms with E-state index in [1.807, 2.05) is 11.9 Å². The molecule has 3 nitrogen and oxygen atoms in total. The maximum atomic E-state index is 12.9. The summed E-state index contributed by atoms with van der Waals surface area (Å²) >= 11 is 0. The first-order chi connectivity index (χ1) is 8.91. The standard InChI is InChI=1S/C13H14F3N3.ClH/c1-18-4-6-19(7-5-18)11-3-2-10(9-17)12(8-11)13(14,15)16;/h2-3,8H,4-7H2,1H3;1H. The summed E-state index contributed by atoms with van der Waals surface area (Å²) in [7, 11) is 1.98. The number of nitrogens with zero attached hydrogens (tertiary/aromatic N) is 3. The molecule has 1 heterocycles. The van der Waals surface area contributed by atoms with Crippen molar-refractivity contribution < 1.29 is 13.2 Å². The smallest absolute Gasteiger partial charge is 0.369 e. The lowest BCUT2D eigenvalue weighted by Crippen LogP contribution is -2.44. The zero-order chi connectivity index (χ0) is 14.0. The lowest BCUT2D eigenvalue weighted by atomic mass is 10.1. The van der Waals surface area contributed by atoms with E-state index in [0.29, 0.717) is 18.8 Å². The average molecular weight is 306 g/mol. The van der Waals surface area contributed by atoms with Gasteiger partial charge in [0, 0.05) is 31.9 Å². The first-order valence-electron chi connectivity index (χ1n) is 5.96. The molecule has 0 aromatic heterocycles. The van der Waals surface area contributed by atoms with E-state index < -0.39 is 11.7 Å². The van der Waals surface area contributed by atoms with Gasteiger partial charge in [-0.25, -0.2) is 0 Å². The summed E-state index contributed by atoms with van der Waals surface area (Å²) in [6.45, 7) is 3.03. The highest BCUT2D eigenvalue weighted by Gasteiger charge is 2.34. The molecular weight excluding hydrogens is 291 g/mol. The molecule has 7 heteroatoms. The van der Waals surface area contributed by atoms with Crippen LogP contribution in [0.5, 0.6) is 0 Å². The van der Waals surface area contributed by atoms with Crippen LogP contribution in [0.4, 0.5) is 18.9 Å². The van der Waals surface area contributed by atoms with Crippen molar-refractivity contribution in [3.05, 3.63) is 29.3 Å². The molecular formula is C13H15ClF3N3. The number of nitriles is 1. The van der Waals surface area contributed by atoms with Crippen LogP contribution in [-0.2, 0) is 6.18 Å². The van der Waals surface area contributed by atoms with Crippen molar-refractivity contribution in [2.45, 2.75) is 6.18 Å². The monoisotopic (exact) mass is 305 g/mol. The van der Waals surface area contributed by atoms with Crippen molar-refractivity contribution in [1.29, 1.82) is 5.26 Å². The Morgan fingerprint density at radius 3 is 2.25 bits per heavy atom. The van der Waals surface area contributed by atoms with Crippen LogP contribution in [0.15, 0.2) is 18.2 Å². The Bertz CT molecular complexity index is 503. The molecule has 0 aliphatic carbocycles. The number of anilines is 1. The molecule has 0 atom stereocenters. The van der Waals surface area contributed by atoms with Crippen molar-refractivity contribution >= 4 is 18.1 Å². The highest BCUT2D eigenvalue weighted by molar-refractivity contribution is 5.85. The fourth-order valence-electron chi connectivity index (χ4n) is 2.13. The van der Waals surface area contributed by atoms with E-state index in [1.54, 1.807) is 12.1 Å². The van der Waals surface area contributed by atoms with Crippen molar-refractivity contribution in [2.24, 2.45) is 0 Å². The summed E-state index contributed by atoms with van der Waals surface area (Å²) in [6, 6.07) is 5.49. The van der Waals surface area contributed by atoms with Gasteiger partial charge in [0.15, 0.2) is 0 Å². The van der Waals surface area contributed by atoms with E-state index in [0.717, 1.165) is 19.2 Å². The van der Waals surface area contributed by atoms with E-state index >= 15 is 0 Å². The highest BCUT2D eigenvalue weighted by Crippen LogP contribution is 2.34. The Morgan fingerprint density at radius 1 is 1.15 bits per heavy atom. The normalized spacial score (nSPS) is 16.4. The summed E-state index contributed by atoms with van der Waals surface area (Å²) in [6.07, 6.45) is -4.49. The second kappa shape index (κ2) is 6.33. The Balaban J connectivity index is 0.00000200. The number of hydrogen-bond acceptors (Lipinski definition) is 3. The SMILES string of the molecule is CN1CCN(c2ccc(C#N)c(C(F)(F)F)c2)CC1.Cl. The highest BCUT2D eigenvalue weighted by atomic mass is 35.5. The first kappa shape index (κ1) is 16.6. The van der Waals surface area contributed by atoms with E-state index in [1.165, 1.54) is 6.07 Å². The third-order valence-corrected chi connectivity index (χ3v) is 3.30. The van der Waals surface area contributed by atoms with Crippen LogP contribution in [0.1, 0.15) is 11.1 Å². The summed E-state index contributed by atoms with van der Waals surface area (Å²) in [5.74, 6) is 0. The van der Waals surface area contributed by atoms with Gasteiger partial charge in [0.2, 0.25) is 0 Å². The molecule has 1 aliphatic heterocycles. The third kappa shape index (κ3) is 3.56. The molecule has 0 radical (unpaired) electrons. The second-order valence-corrected chi connectivity index (χ2v) is 4.63. The molecule has 2 rings (SSSR count). The lowest BCUT2D eigenvalue weighted by molar-refractivity contribution is -0.137. The lowest BCUT2D eigenvalue weighted by Gasteiger charge is -2.34. The second-order valence-electron chi connectivity index (χ2n) is 4.63. The Kier molecular flexibility index (Phi) is 5.26. The predicted molar refractivity (Wildman–Crippen MR) is 73.1 cm³/mol. The third-order valence-electron chi connectivity index (χ3n) is 3.30. The number of alkyl halides is 3. The van der Waals surface area contributed by atoms with Crippen LogP contribution in [0, 0.1) is 11.3 Å². The van der Waals surface area contributed by atoms with Gasteiger partial charge in [0.25, 0.3) is 0 Å². The maximum Gasteiger partial charge on any atom is 0.417 e. The fourth-order valence-corrected chi connectivity index (χ4v) is 2.13. The zero-order valence-corrected chi connectivity index (χ0v) is 11.8. The number of halogens is 4. The molecule has 1 aromatic rings. The number of likely N-dealkylation sites (N-methyl/N-ethyl adjacent to an activating group) is 1. The molecule has 0 bridgehead atoms. The van der Waals surface area contributed by atoms with Gasteiger partial charge in [0.1, 0.15) is 0 Å². The molecule has 1 fully saturated rings. The van der Waals surface area contributed by atoms with Gasteiger partial charge in [-0.05, 0) is 25.2 Å². The van der Waals surface area contributed by atoms with Crippen LogP contribution in [0.25, 0.3) is 0 Å². The van der Waals surface area contributed by atoms with Gasteiger partial charge in [-0.1, -0.05) is 0 Å². The van der Waals surface area contributed by atoms with Gasteiger partial charge < -0.3 is 9.80 Å². The van der Waals surface area contributed by atoms with Crippen molar-refractivity contribution in [3.63, 3.8) is 0 Å². The minimum atomic E-state index is -4.49. The summed E-state index contributed by atoms with van der Waals surface area (Å²) in [5.41, 5.74) is -0.656. The maximum absolute atomic E-state index is 12.9. The van der Waals surface area contributed by atoms with Crippen LogP contribution < -0.4 is 4.90 Å². The molecule has 1 aliphatic rings. The summed E-state index contributed by atoms with van der Waals surface area (Å²) in [4.78, 5) is 4.04. The number of benzene rings is 1. The van der Waals surface area contributed by atoms with Gasteiger partial charge in [-0.2, -0.15) is 18.4 Å². The van der Waals surface area contributed by atoms with E-state index in [2.05, 4.69) is 4.90 Å². The van der Waals surface area contributed by atoms with Gasteiger partial charge in [-0.3, -0.25) is 0 Å². The van der Waals surface area contributed by atoms with Gasteiger partial charge in [-0.15, -0.1) is 12.4 Å². The minimum Gasteiger partial charge on any atom is -0.369 e. The Hall–Kier alpha value is -1.45. The van der Waals surface area contributed by atoms with Crippen LogP contribution in [-0.4, -0.2) is 38.1 Å². The molecule has 110 valence electrons. The topological polar surface area (TPSA) is 30.3 Å². The molecule has 0 amide bonds. The van der Waals surface area contributed by atoms with Gasteiger partial charge in [0.05, 0.1) is 17.2 Å².